The van der Waals surface area contributed by atoms with Gasteiger partial charge in [0, 0.05) is 26.1 Å². The fourth-order valence-electron chi connectivity index (χ4n) is 1.92. The lowest BCUT2D eigenvalue weighted by Gasteiger charge is -2.13. The highest BCUT2D eigenvalue weighted by Crippen LogP contribution is 2.20. The Morgan fingerprint density at radius 3 is 2.95 bits per heavy atom. The van der Waals surface area contributed by atoms with Gasteiger partial charge in [0.1, 0.15) is 5.75 Å². The number of rotatable bonds is 4. The van der Waals surface area contributed by atoms with Gasteiger partial charge in [-0.1, -0.05) is 12.1 Å². The van der Waals surface area contributed by atoms with E-state index in [0.29, 0.717) is 18.7 Å². The van der Waals surface area contributed by atoms with E-state index in [-0.39, 0.29) is 5.91 Å². The number of hydrogen-bond acceptors (Lipinski definition) is 3. The average molecular weight is 261 g/mol. The summed E-state index contributed by atoms with van der Waals surface area (Å²) in [4.78, 5) is 23.8. The number of nitrogens with zero attached hydrogens (tertiary/aromatic N) is 1. The van der Waals surface area contributed by atoms with Crippen LogP contribution < -0.4 is 4.74 Å². The summed E-state index contributed by atoms with van der Waals surface area (Å²) in [5.41, 5.74) is 0.721. The lowest BCUT2D eigenvalue weighted by molar-refractivity contribution is -0.132. The molecule has 1 N–H and O–H groups in total. The molecule has 100 valence electrons. The van der Waals surface area contributed by atoms with E-state index in [4.69, 9.17) is 9.84 Å². The van der Waals surface area contributed by atoms with Crippen LogP contribution in [0.1, 0.15) is 12.0 Å². The maximum absolute atomic E-state index is 11.7. The first-order valence-electron chi connectivity index (χ1n) is 5.99. The fourth-order valence-corrected chi connectivity index (χ4v) is 1.92. The zero-order valence-electron chi connectivity index (χ0n) is 10.6. The molecular weight excluding hydrogens is 246 g/mol. The quantitative estimate of drug-likeness (QED) is 0.832. The maximum atomic E-state index is 11.7. The third-order valence-electron chi connectivity index (χ3n) is 2.93. The molecule has 1 unspecified atom stereocenters. The Bertz CT molecular complexity index is 524. The maximum Gasteiger partial charge on any atom is 0.328 e. The van der Waals surface area contributed by atoms with E-state index < -0.39 is 12.1 Å². The highest BCUT2D eigenvalue weighted by molar-refractivity contribution is 5.85. The molecule has 0 bridgehead atoms. The van der Waals surface area contributed by atoms with Crippen molar-refractivity contribution in [1.82, 2.24) is 4.90 Å². The summed E-state index contributed by atoms with van der Waals surface area (Å²) in [6, 6.07) is 7.00. The number of amides is 1. The number of ether oxygens (including phenoxy) is 1. The minimum absolute atomic E-state index is 0.0218. The van der Waals surface area contributed by atoms with Gasteiger partial charge in [0.05, 0.1) is 0 Å². The van der Waals surface area contributed by atoms with Crippen molar-refractivity contribution in [1.29, 1.82) is 0 Å². The van der Waals surface area contributed by atoms with E-state index in [2.05, 4.69) is 0 Å². The number of carbonyl (C=O) groups is 2. The molecule has 1 saturated heterocycles. The molecule has 0 aromatic heterocycles. The highest BCUT2D eigenvalue weighted by atomic mass is 16.5. The Balaban J connectivity index is 2.07. The van der Waals surface area contributed by atoms with Crippen molar-refractivity contribution in [3.63, 3.8) is 0 Å². The molecule has 0 spiro atoms. The van der Waals surface area contributed by atoms with Gasteiger partial charge in [0.15, 0.2) is 6.10 Å². The summed E-state index contributed by atoms with van der Waals surface area (Å²) in [5.74, 6) is -0.452. The fraction of sp³-hybridized carbons (Fsp3) is 0.286. The molecule has 1 atom stereocenters. The SMILES string of the molecule is CN1CCC(Oc2cccc(C=CC(=O)O)c2)C1=O. The monoisotopic (exact) mass is 261 g/mol. The number of hydrogen-bond donors (Lipinski definition) is 1. The number of carboxylic acid groups (broad SMARTS) is 1. The van der Waals surface area contributed by atoms with Gasteiger partial charge in [0.2, 0.25) is 0 Å². The first-order valence-corrected chi connectivity index (χ1v) is 5.99. The van der Waals surface area contributed by atoms with Gasteiger partial charge in [-0.2, -0.15) is 0 Å². The predicted octanol–water partition coefficient (Wildman–Crippen LogP) is 1.39. The molecule has 19 heavy (non-hydrogen) atoms. The first kappa shape index (κ1) is 13.1. The molecule has 1 aromatic carbocycles. The number of likely N-dealkylation sites (tertiary alicyclic amines) is 1. The van der Waals surface area contributed by atoms with Gasteiger partial charge in [0.25, 0.3) is 5.91 Å². The molecular formula is C14H15NO4. The van der Waals surface area contributed by atoms with E-state index in [1.165, 1.54) is 6.08 Å². The van der Waals surface area contributed by atoms with Crippen molar-refractivity contribution in [2.75, 3.05) is 13.6 Å². The van der Waals surface area contributed by atoms with Crippen LogP contribution in [0.3, 0.4) is 0 Å². The normalized spacial score (nSPS) is 19.1. The summed E-state index contributed by atoms with van der Waals surface area (Å²) in [5, 5.41) is 8.57. The van der Waals surface area contributed by atoms with Crippen molar-refractivity contribution in [3.05, 3.63) is 35.9 Å². The van der Waals surface area contributed by atoms with E-state index in [0.717, 1.165) is 11.6 Å². The Hall–Kier alpha value is -2.30. The topological polar surface area (TPSA) is 66.8 Å². The molecule has 1 aliphatic heterocycles. The first-order chi connectivity index (χ1) is 9.06. The van der Waals surface area contributed by atoms with Gasteiger partial charge in [-0.05, 0) is 23.8 Å². The summed E-state index contributed by atoms with van der Waals surface area (Å²) >= 11 is 0. The van der Waals surface area contributed by atoms with Crippen LogP contribution in [0.15, 0.2) is 30.3 Å². The smallest absolute Gasteiger partial charge is 0.328 e. The molecule has 0 radical (unpaired) electrons. The van der Waals surface area contributed by atoms with Crippen molar-refractivity contribution in [2.45, 2.75) is 12.5 Å². The third-order valence-corrected chi connectivity index (χ3v) is 2.93. The minimum atomic E-state index is -1.00. The predicted molar refractivity (Wildman–Crippen MR) is 69.8 cm³/mol. The standard InChI is InChI=1S/C14H15NO4/c1-15-8-7-12(14(15)18)19-11-4-2-3-10(9-11)5-6-13(16)17/h2-6,9,12H,7-8H2,1H3,(H,16,17). The molecule has 1 heterocycles. The summed E-state index contributed by atoms with van der Waals surface area (Å²) < 4.78 is 5.63. The number of carbonyl (C=O) groups excluding carboxylic acids is 1. The lowest BCUT2D eigenvalue weighted by Crippen LogP contribution is -2.29. The summed E-state index contributed by atoms with van der Waals surface area (Å²) in [7, 11) is 1.75. The molecule has 0 saturated carbocycles. The lowest BCUT2D eigenvalue weighted by atomic mass is 10.2. The molecule has 5 heteroatoms. The van der Waals surface area contributed by atoms with Crippen LogP contribution in [0.5, 0.6) is 5.75 Å². The molecule has 1 aromatic rings. The molecule has 0 aliphatic carbocycles. The minimum Gasteiger partial charge on any atom is -0.481 e. The average Bonchev–Trinajstić information content (AvgIpc) is 2.69. The van der Waals surface area contributed by atoms with Crippen LogP contribution in [-0.2, 0) is 9.59 Å². The summed E-state index contributed by atoms with van der Waals surface area (Å²) in [6.45, 7) is 0.697. The van der Waals surface area contributed by atoms with E-state index in [1.807, 2.05) is 0 Å². The van der Waals surface area contributed by atoms with Crippen LogP contribution in [0.25, 0.3) is 6.08 Å². The van der Waals surface area contributed by atoms with Gasteiger partial charge in [-0.3, -0.25) is 4.79 Å². The number of aliphatic carboxylic acids is 1. The van der Waals surface area contributed by atoms with Gasteiger partial charge < -0.3 is 14.7 Å². The zero-order valence-corrected chi connectivity index (χ0v) is 10.6. The number of likely N-dealkylation sites (N-methyl/N-ethyl adjacent to an activating group) is 1. The zero-order chi connectivity index (χ0) is 13.8. The largest absolute Gasteiger partial charge is 0.481 e. The summed E-state index contributed by atoms with van der Waals surface area (Å²) in [6.07, 6.45) is 2.78. The highest BCUT2D eigenvalue weighted by Gasteiger charge is 2.30. The second kappa shape index (κ2) is 5.56. The Morgan fingerprint density at radius 1 is 1.53 bits per heavy atom. The second-order valence-corrected chi connectivity index (χ2v) is 4.40. The van der Waals surface area contributed by atoms with E-state index in [9.17, 15) is 9.59 Å². The number of benzene rings is 1. The second-order valence-electron chi connectivity index (χ2n) is 4.40. The van der Waals surface area contributed by atoms with Crippen LogP contribution in [0.4, 0.5) is 0 Å². The van der Waals surface area contributed by atoms with Crippen LogP contribution in [0, 0.1) is 0 Å². The van der Waals surface area contributed by atoms with Crippen molar-refractivity contribution in [2.24, 2.45) is 0 Å². The Labute approximate surface area is 111 Å². The van der Waals surface area contributed by atoms with Crippen molar-refractivity contribution < 1.29 is 19.4 Å². The Kier molecular flexibility index (Phi) is 3.85. The van der Waals surface area contributed by atoms with Crippen LogP contribution in [0.2, 0.25) is 0 Å². The Morgan fingerprint density at radius 2 is 2.32 bits per heavy atom. The van der Waals surface area contributed by atoms with Gasteiger partial charge in [-0.15, -0.1) is 0 Å². The van der Waals surface area contributed by atoms with Crippen LogP contribution >= 0.6 is 0 Å². The van der Waals surface area contributed by atoms with Crippen molar-refractivity contribution >= 4 is 18.0 Å². The third kappa shape index (κ3) is 3.34. The van der Waals surface area contributed by atoms with E-state index >= 15 is 0 Å². The molecule has 1 amide bonds. The van der Waals surface area contributed by atoms with E-state index in [1.54, 1.807) is 36.2 Å². The molecule has 5 nitrogen and oxygen atoms in total. The molecule has 2 rings (SSSR count). The van der Waals surface area contributed by atoms with Gasteiger partial charge >= 0.3 is 5.97 Å². The van der Waals surface area contributed by atoms with Crippen molar-refractivity contribution in [3.8, 4) is 5.75 Å². The van der Waals surface area contributed by atoms with Gasteiger partial charge in [-0.25, -0.2) is 4.79 Å². The molecule has 1 fully saturated rings. The van der Waals surface area contributed by atoms with Crippen LogP contribution in [-0.4, -0.2) is 41.6 Å². The number of carboxylic acids is 1. The molecule has 1 aliphatic rings.